The highest BCUT2D eigenvalue weighted by Gasteiger charge is 2.18. The molecule has 0 saturated carbocycles. The van der Waals surface area contributed by atoms with Crippen LogP contribution in [0.25, 0.3) is 21.9 Å². The van der Waals surface area contributed by atoms with E-state index in [2.05, 4.69) is 21.8 Å². The molecule has 2 heterocycles. The van der Waals surface area contributed by atoms with Crippen LogP contribution in [0.15, 0.2) is 18.2 Å². The maximum Gasteiger partial charge on any atom is 0.335 e. The van der Waals surface area contributed by atoms with Gasteiger partial charge in [-0.05, 0) is 37.5 Å². The van der Waals surface area contributed by atoms with E-state index >= 15 is 0 Å². The highest BCUT2D eigenvalue weighted by atomic mass is 16.4. The first-order chi connectivity index (χ1) is 13.1. The van der Waals surface area contributed by atoms with Crippen LogP contribution >= 0.6 is 0 Å². The van der Waals surface area contributed by atoms with Crippen molar-refractivity contribution in [2.24, 2.45) is 0 Å². The minimum absolute atomic E-state index is 0.170. The van der Waals surface area contributed by atoms with E-state index in [0.717, 1.165) is 60.9 Å². The van der Waals surface area contributed by atoms with Crippen molar-refractivity contribution < 1.29 is 15.0 Å². The summed E-state index contributed by atoms with van der Waals surface area (Å²) in [6.07, 6.45) is 4.60. The number of aromatic nitrogens is 3. The second-order valence-electron chi connectivity index (χ2n) is 6.66. The second-order valence-corrected chi connectivity index (χ2v) is 6.66. The first kappa shape index (κ1) is 19.1. The molecule has 0 aliphatic carbocycles. The van der Waals surface area contributed by atoms with Gasteiger partial charge in [0.15, 0.2) is 5.82 Å². The number of aromatic carboxylic acids is 1. The molecule has 7 nitrogen and oxygen atoms in total. The Morgan fingerprint density at radius 2 is 2.04 bits per heavy atom. The number of nitrogens with zero attached hydrogens (tertiary/aromatic N) is 3. The number of aliphatic hydroxyl groups excluding tert-OH is 1. The maximum atomic E-state index is 11.3. The van der Waals surface area contributed by atoms with E-state index in [1.54, 1.807) is 19.2 Å². The van der Waals surface area contributed by atoms with Gasteiger partial charge in [-0.3, -0.25) is 0 Å². The van der Waals surface area contributed by atoms with Gasteiger partial charge in [0, 0.05) is 32.0 Å². The van der Waals surface area contributed by atoms with Crippen molar-refractivity contribution >= 4 is 33.7 Å². The molecule has 0 spiro atoms. The number of imidazole rings is 1. The minimum Gasteiger partial charge on any atom is -0.478 e. The number of aryl methyl sites for hydroxylation is 2. The van der Waals surface area contributed by atoms with Crippen LogP contribution in [0.5, 0.6) is 0 Å². The van der Waals surface area contributed by atoms with Crippen molar-refractivity contribution in [2.75, 3.05) is 19.0 Å². The van der Waals surface area contributed by atoms with E-state index in [9.17, 15) is 9.90 Å². The molecule has 27 heavy (non-hydrogen) atoms. The fraction of sp³-hybridized carbons (Fsp3) is 0.450. The van der Waals surface area contributed by atoms with Crippen LogP contribution in [0.4, 0.5) is 5.82 Å². The third-order valence-corrected chi connectivity index (χ3v) is 4.78. The monoisotopic (exact) mass is 370 g/mol. The summed E-state index contributed by atoms with van der Waals surface area (Å²) in [6, 6.07) is 5.04. The smallest absolute Gasteiger partial charge is 0.335 e. The van der Waals surface area contributed by atoms with Gasteiger partial charge in [-0.1, -0.05) is 13.3 Å². The number of carbonyl (C=O) groups is 1. The number of benzene rings is 1. The molecule has 3 aromatic rings. The topological polar surface area (TPSA) is 100 Å². The number of aliphatic hydroxyl groups is 1. The zero-order chi connectivity index (χ0) is 19.4. The van der Waals surface area contributed by atoms with Crippen molar-refractivity contribution in [1.29, 1.82) is 0 Å². The van der Waals surface area contributed by atoms with Gasteiger partial charge < -0.3 is 20.1 Å². The van der Waals surface area contributed by atoms with E-state index in [1.807, 2.05) is 6.07 Å². The Hall–Kier alpha value is -2.67. The molecule has 0 saturated heterocycles. The Kier molecular flexibility index (Phi) is 5.91. The van der Waals surface area contributed by atoms with Gasteiger partial charge in [0.2, 0.25) is 0 Å². The lowest BCUT2D eigenvalue weighted by molar-refractivity contribution is 0.0697. The molecule has 0 aliphatic rings. The molecule has 3 rings (SSSR count). The second kappa shape index (κ2) is 8.35. The number of rotatable bonds is 9. The van der Waals surface area contributed by atoms with E-state index in [4.69, 9.17) is 10.1 Å². The van der Waals surface area contributed by atoms with Crippen LogP contribution in [0.1, 0.15) is 48.8 Å². The molecule has 7 heteroatoms. The van der Waals surface area contributed by atoms with Gasteiger partial charge in [0.05, 0.1) is 16.6 Å². The van der Waals surface area contributed by atoms with Crippen molar-refractivity contribution in [2.45, 2.75) is 45.6 Å². The molecular weight excluding hydrogens is 344 g/mol. The Morgan fingerprint density at radius 3 is 2.70 bits per heavy atom. The fourth-order valence-electron chi connectivity index (χ4n) is 3.39. The predicted molar refractivity (Wildman–Crippen MR) is 106 cm³/mol. The summed E-state index contributed by atoms with van der Waals surface area (Å²) in [5.74, 6) is 0.696. The maximum absolute atomic E-state index is 11.3. The lowest BCUT2D eigenvalue weighted by Crippen LogP contribution is -2.06. The van der Waals surface area contributed by atoms with Crippen LogP contribution in [-0.2, 0) is 13.0 Å². The van der Waals surface area contributed by atoms with Gasteiger partial charge in [-0.25, -0.2) is 14.8 Å². The molecule has 0 fully saturated rings. The Morgan fingerprint density at radius 1 is 1.22 bits per heavy atom. The highest BCUT2D eigenvalue weighted by molar-refractivity contribution is 6.08. The molecule has 144 valence electrons. The van der Waals surface area contributed by atoms with Gasteiger partial charge in [0.25, 0.3) is 0 Å². The third-order valence-electron chi connectivity index (χ3n) is 4.78. The summed E-state index contributed by atoms with van der Waals surface area (Å²) in [6.45, 7) is 3.09. The zero-order valence-electron chi connectivity index (χ0n) is 15.8. The zero-order valence-corrected chi connectivity index (χ0v) is 15.8. The van der Waals surface area contributed by atoms with Crippen LogP contribution < -0.4 is 5.32 Å². The molecule has 0 atom stereocenters. The summed E-state index contributed by atoms with van der Waals surface area (Å²) >= 11 is 0. The van der Waals surface area contributed by atoms with Gasteiger partial charge in [-0.15, -0.1) is 0 Å². The van der Waals surface area contributed by atoms with Gasteiger partial charge in [0.1, 0.15) is 11.3 Å². The van der Waals surface area contributed by atoms with Gasteiger partial charge >= 0.3 is 5.97 Å². The minimum atomic E-state index is -0.968. The summed E-state index contributed by atoms with van der Waals surface area (Å²) < 4.78 is 2.21. The fourth-order valence-corrected chi connectivity index (χ4v) is 3.39. The first-order valence-electron chi connectivity index (χ1n) is 9.45. The number of nitrogens with one attached hydrogen (secondary N) is 1. The Balaban J connectivity index is 2.26. The van der Waals surface area contributed by atoms with E-state index < -0.39 is 5.97 Å². The number of anilines is 1. The SMILES string of the molecule is CCCCc1nc2c(NC)nc3cc(C(=O)O)ccc3c2n1CCCCO. The molecule has 0 bridgehead atoms. The van der Waals surface area contributed by atoms with Crippen LogP contribution in [-0.4, -0.2) is 44.4 Å². The number of carboxylic acids is 1. The number of pyridine rings is 1. The Bertz CT molecular complexity index is 965. The molecule has 1 aromatic carbocycles. The van der Waals surface area contributed by atoms with Crippen LogP contribution in [0.2, 0.25) is 0 Å². The highest BCUT2D eigenvalue weighted by Crippen LogP contribution is 2.31. The summed E-state index contributed by atoms with van der Waals surface area (Å²) in [5.41, 5.74) is 2.64. The standard InChI is InChI=1S/C20H26N4O3/c1-3-4-7-16-23-17-18(24(16)10-5-6-11-25)14-9-8-13(20(26)27)12-15(14)22-19(17)21-2/h8-9,12,25H,3-7,10-11H2,1-2H3,(H,21,22)(H,26,27). The molecule has 3 N–H and O–H groups in total. The normalized spacial score (nSPS) is 11.4. The van der Waals surface area contributed by atoms with E-state index in [1.165, 1.54) is 0 Å². The van der Waals surface area contributed by atoms with E-state index in [0.29, 0.717) is 11.3 Å². The number of fused-ring (bicyclic) bond motifs is 3. The largest absolute Gasteiger partial charge is 0.478 e. The average molecular weight is 370 g/mol. The first-order valence-corrected chi connectivity index (χ1v) is 9.45. The molecular formula is C20H26N4O3. The summed E-state index contributed by atoms with van der Waals surface area (Å²) in [7, 11) is 1.80. The summed E-state index contributed by atoms with van der Waals surface area (Å²) in [4.78, 5) is 20.8. The molecule has 0 aliphatic heterocycles. The van der Waals surface area contributed by atoms with Crippen LogP contribution in [0, 0.1) is 0 Å². The predicted octanol–water partition coefficient (Wildman–Crippen LogP) is 3.44. The van der Waals surface area contributed by atoms with Crippen molar-refractivity contribution in [3.8, 4) is 0 Å². The molecule has 0 unspecified atom stereocenters. The third kappa shape index (κ3) is 3.73. The van der Waals surface area contributed by atoms with Gasteiger partial charge in [-0.2, -0.15) is 0 Å². The lowest BCUT2D eigenvalue weighted by atomic mass is 10.1. The average Bonchev–Trinajstić information content (AvgIpc) is 3.04. The van der Waals surface area contributed by atoms with Crippen molar-refractivity contribution in [1.82, 2.24) is 14.5 Å². The molecule has 0 amide bonds. The quantitative estimate of drug-likeness (QED) is 0.499. The number of carboxylic acid groups (broad SMARTS) is 1. The number of hydrogen-bond donors (Lipinski definition) is 3. The van der Waals surface area contributed by atoms with Crippen molar-refractivity contribution in [3.63, 3.8) is 0 Å². The number of unbranched alkanes of at least 4 members (excludes halogenated alkanes) is 2. The van der Waals surface area contributed by atoms with E-state index in [-0.39, 0.29) is 12.2 Å². The van der Waals surface area contributed by atoms with Crippen LogP contribution in [0.3, 0.4) is 0 Å². The lowest BCUT2D eigenvalue weighted by Gasteiger charge is -2.11. The van der Waals surface area contributed by atoms with Crippen molar-refractivity contribution in [3.05, 3.63) is 29.6 Å². The Labute approximate surface area is 158 Å². The molecule has 2 aromatic heterocycles. The molecule has 0 radical (unpaired) electrons. The number of hydrogen-bond acceptors (Lipinski definition) is 5. The summed E-state index contributed by atoms with van der Waals surface area (Å²) in [5, 5.41) is 22.5.